The van der Waals surface area contributed by atoms with E-state index >= 15 is 0 Å². The molecule has 1 atom stereocenters. The molecule has 2 N–H and O–H groups in total. The van der Waals surface area contributed by atoms with Crippen molar-refractivity contribution in [1.29, 1.82) is 0 Å². The van der Waals surface area contributed by atoms with Crippen molar-refractivity contribution in [3.63, 3.8) is 0 Å². The van der Waals surface area contributed by atoms with Crippen LogP contribution in [0.4, 0.5) is 11.5 Å². The lowest BCUT2D eigenvalue weighted by atomic mass is 10.1. The predicted octanol–water partition coefficient (Wildman–Crippen LogP) is 3.93. The van der Waals surface area contributed by atoms with Crippen LogP contribution in [0.1, 0.15) is 45.2 Å². The normalized spacial score (nSPS) is 15.9. The van der Waals surface area contributed by atoms with E-state index in [2.05, 4.69) is 48.4 Å². The van der Waals surface area contributed by atoms with E-state index in [9.17, 15) is 9.59 Å². The fourth-order valence-corrected chi connectivity index (χ4v) is 4.91. The summed E-state index contributed by atoms with van der Waals surface area (Å²) in [6.07, 6.45) is 1.99. The van der Waals surface area contributed by atoms with Crippen molar-refractivity contribution in [3.05, 3.63) is 35.5 Å². The fraction of sp³-hybridized carbons (Fsp3) is 0.500. The second-order valence-corrected chi connectivity index (χ2v) is 11.4. The molecular weight excluding hydrogens is 474 g/mol. The Hall–Kier alpha value is -3.14. The molecule has 3 heterocycles. The Labute approximate surface area is 216 Å². The van der Waals surface area contributed by atoms with Gasteiger partial charge in [0.1, 0.15) is 5.82 Å². The minimum atomic E-state index is -0.369. The highest BCUT2D eigenvalue weighted by atomic mass is 32.2. The third-order valence-electron chi connectivity index (χ3n) is 6.16. The summed E-state index contributed by atoms with van der Waals surface area (Å²) in [6.45, 7) is 13.7. The van der Waals surface area contributed by atoms with Crippen LogP contribution in [0.25, 0.3) is 11.0 Å². The highest BCUT2D eigenvalue weighted by molar-refractivity contribution is 7.99. The Balaban J connectivity index is 1.41. The number of carbonyl (C=O) groups excluding carboxylic acids is 2. The van der Waals surface area contributed by atoms with Crippen LogP contribution in [0, 0.1) is 19.8 Å². The van der Waals surface area contributed by atoms with Crippen LogP contribution in [0.15, 0.2) is 29.6 Å². The van der Waals surface area contributed by atoms with Gasteiger partial charge in [0.05, 0.1) is 24.0 Å². The first kappa shape index (κ1) is 25.9. The van der Waals surface area contributed by atoms with E-state index in [-0.39, 0.29) is 30.2 Å². The SMILES string of the molecule is Cc1ccc(N2CC(C(=O)NCCn3ncc4c(NC(C)C)nc(SC(C)C)nc43)CC2=O)cc1C. The molecule has 3 aromatic rings. The number of anilines is 2. The molecule has 1 saturated heterocycles. The Morgan fingerprint density at radius 2 is 1.94 bits per heavy atom. The number of aromatic nitrogens is 4. The Morgan fingerprint density at radius 1 is 1.17 bits per heavy atom. The molecule has 1 unspecified atom stereocenters. The van der Waals surface area contributed by atoms with Gasteiger partial charge in [0, 0.05) is 36.5 Å². The average Bonchev–Trinajstić information content (AvgIpc) is 3.39. The van der Waals surface area contributed by atoms with Crippen molar-refractivity contribution in [1.82, 2.24) is 25.1 Å². The van der Waals surface area contributed by atoms with Gasteiger partial charge in [-0.3, -0.25) is 9.59 Å². The van der Waals surface area contributed by atoms with E-state index in [0.717, 1.165) is 28.1 Å². The lowest BCUT2D eigenvalue weighted by Crippen LogP contribution is -2.35. The maximum Gasteiger partial charge on any atom is 0.227 e. The van der Waals surface area contributed by atoms with Gasteiger partial charge >= 0.3 is 0 Å². The monoisotopic (exact) mass is 509 g/mol. The van der Waals surface area contributed by atoms with Gasteiger partial charge in [-0.15, -0.1) is 0 Å². The molecule has 2 amide bonds. The Bertz CT molecular complexity index is 1270. The third kappa shape index (κ3) is 5.80. The summed E-state index contributed by atoms with van der Waals surface area (Å²) in [5.74, 6) is 0.267. The van der Waals surface area contributed by atoms with Gasteiger partial charge in [0.25, 0.3) is 0 Å². The van der Waals surface area contributed by atoms with Gasteiger partial charge in [-0.2, -0.15) is 5.10 Å². The molecule has 0 radical (unpaired) electrons. The molecule has 0 spiro atoms. The highest BCUT2D eigenvalue weighted by Gasteiger charge is 2.35. The summed E-state index contributed by atoms with van der Waals surface area (Å²) in [6, 6.07) is 6.18. The zero-order valence-corrected chi connectivity index (χ0v) is 22.6. The van der Waals surface area contributed by atoms with Crippen LogP contribution in [0.5, 0.6) is 0 Å². The van der Waals surface area contributed by atoms with Crippen molar-refractivity contribution >= 4 is 46.1 Å². The quantitative estimate of drug-likeness (QED) is 0.333. The van der Waals surface area contributed by atoms with Crippen molar-refractivity contribution in [2.75, 3.05) is 23.3 Å². The number of carbonyl (C=O) groups is 2. The van der Waals surface area contributed by atoms with E-state index in [1.54, 1.807) is 27.5 Å². The minimum absolute atomic E-state index is 0.0199. The van der Waals surface area contributed by atoms with Crippen LogP contribution >= 0.6 is 11.8 Å². The number of nitrogens with zero attached hydrogens (tertiary/aromatic N) is 5. The molecule has 1 aromatic carbocycles. The smallest absolute Gasteiger partial charge is 0.227 e. The number of fused-ring (bicyclic) bond motifs is 1. The molecule has 1 aliphatic rings. The number of benzene rings is 1. The summed E-state index contributed by atoms with van der Waals surface area (Å²) < 4.78 is 1.80. The topological polar surface area (TPSA) is 105 Å². The Kier molecular flexibility index (Phi) is 7.82. The van der Waals surface area contributed by atoms with Crippen molar-refractivity contribution in [2.24, 2.45) is 5.92 Å². The van der Waals surface area contributed by atoms with Crippen LogP contribution in [-0.4, -0.2) is 55.9 Å². The Morgan fingerprint density at radius 3 is 2.64 bits per heavy atom. The number of hydrogen-bond acceptors (Lipinski definition) is 7. The van der Waals surface area contributed by atoms with Crippen LogP contribution < -0.4 is 15.5 Å². The highest BCUT2D eigenvalue weighted by Crippen LogP contribution is 2.28. The van der Waals surface area contributed by atoms with Gasteiger partial charge in [-0.25, -0.2) is 14.6 Å². The summed E-state index contributed by atoms with van der Waals surface area (Å²) in [4.78, 5) is 36.6. The summed E-state index contributed by atoms with van der Waals surface area (Å²) in [5.41, 5.74) is 3.90. The zero-order valence-electron chi connectivity index (χ0n) is 21.8. The van der Waals surface area contributed by atoms with Crippen LogP contribution in [-0.2, 0) is 16.1 Å². The first-order chi connectivity index (χ1) is 17.1. The molecule has 0 bridgehead atoms. The maximum atomic E-state index is 12.9. The molecular formula is C26H35N7O2S. The second kappa shape index (κ2) is 10.9. The number of hydrogen-bond donors (Lipinski definition) is 2. The van der Waals surface area contributed by atoms with Crippen molar-refractivity contribution in [2.45, 2.75) is 71.0 Å². The molecule has 0 aliphatic carbocycles. The van der Waals surface area contributed by atoms with E-state index < -0.39 is 0 Å². The van der Waals surface area contributed by atoms with E-state index in [1.807, 2.05) is 32.0 Å². The van der Waals surface area contributed by atoms with Crippen LogP contribution in [0.3, 0.4) is 0 Å². The molecule has 10 heteroatoms. The van der Waals surface area contributed by atoms with Gasteiger partial charge in [-0.05, 0) is 51.0 Å². The minimum Gasteiger partial charge on any atom is -0.367 e. The molecule has 9 nitrogen and oxygen atoms in total. The number of amides is 2. The standard InChI is InChI=1S/C26H35N7O2S/c1-15(2)29-23-21-13-28-33(24(21)31-26(30-23)36-16(3)4)10-9-27-25(35)19-12-22(34)32(14-19)20-8-7-17(5)18(6)11-20/h7-8,11,13,15-16,19H,9-10,12,14H2,1-6H3,(H,27,35)(H,29,30,31). The summed E-state index contributed by atoms with van der Waals surface area (Å²) in [5, 5.41) is 12.8. The lowest BCUT2D eigenvalue weighted by molar-refractivity contribution is -0.126. The predicted molar refractivity (Wildman–Crippen MR) is 144 cm³/mol. The van der Waals surface area contributed by atoms with Crippen LogP contribution in [0.2, 0.25) is 0 Å². The van der Waals surface area contributed by atoms with Crippen molar-refractivity contribution < 1.29 is 9.59 Å². The molecule has 36 heavy (non-hydrogen) atoms. The van der Waals surface area contributed by atoms with E-state index in [0.29, 0.717) is 30.0 Å². The van der Waals surface area contributed by atoms with Gasteiger partial charge in [0.15, 0.2) is 10.8 Å². The maximum absolute atomic E-state index is 12.9. The first-order valence-electron chi connectivity index (χ1n) is 12.4. The number of rotatable bonds is 9. The first-order valence-corrected chi connectivity index (χ1v) is 13.3. The molecule has 1 aliphatic heterocycles. The summed E-state index contributed by atoms with van der Waals surface area (Å²) >= 11 is 1.60. The third-order valence-corrected chi connectivity index (χ3v) is 7.03. The largest absolute Gasteiger partial charge is 0.367 e. The van der Waals surface area contributed by atoms with Gasteiger partial charge in [0.2, 0.25) is 11.8 Å². The number of nitrogens with one attached hydrogen (secondary N) is 2. The molecule has 1 fully saturated rings. The fourth-order valence-electron chi connectivity index (χ4n) is 4.20. The van der Waals surface area contributed by atoms with Crippen molar-refractivity contribution in [3.8, 4) is 0 Å². The average molecular weight is 510 g/mol. The molecule has 192 valence electrons. The number of thioether (sulfide) groups is 1. The molecule has 0 saturated carbocycles. The summed E-state index contributed by atoms with van der Waals surface area (Å²) in [7, 11) is 0. The molecule has 4 rings (SSSR count). The number of aryl methyl sites for hydroxylation is 2. The molecule has 2 aromatic heterocycles. The van der Waals surface area contributed by atoms with Gasteiger partial charge in [-0.1, -0.05) is 31.7 Å². The van der Waals surface area contributed by atoms with Gasteiger partial charge < -0.3 is 15.5 Å². The zero-order chi connectivity index (χ0) is 26.0. The van der Waals surface area contributed by atoms with E-state index in [4.69, 9.17) is 4.98 Å². The second-order valence-electron chi connectivity index (χ2n) is 9.89. The lowest BCUT2D eigenvalue weighted by Gasteiger charge is -2.18. The van der Waals surface area contributed by atoms with E-state index in [1.165, 1.54) is 5.56 Å².